The van der Waals surface area contributed by atoms with Crippen LogP contribution in [-0.4, -0.2) is 37.2 Å². The van der Waals surface area contributed by atoms with Crippen LogP contribution in [0.1, 0.15) is 29.7 Å². The Morgan fingerprint density at radius 3 is 2.89 bits per heavy atom. The summed E-state index contributed by atoms with van der Waals surface area (Å²) >= 11 is 0. The summed E-state index contributed by atoms with van der Waals surface area (Å²) in [5, 5.41) is 0. The van der Waals surface area contributed by atoms with E-state index < -0.39 is 0 Å². The summed E-state index contributed by atoms with van der Waals surface area (Å²) in [7, 11) is 0. The van der Waals surface area contributed by atoms with Gasteiger partial charge in [-0.1, -0.05) is 18.2 Å². The number of ether oxygens (including phenoxy) is 1. The summed E-state index contributed by atoms with van der Waals surface area (Å²) in [5.74, 6) is 0. The molecule has 2 rings (SSSR count). The second kappa shape index (κ2) is 5.83. The minimum absolute atomic E-state index is 0.309. The predicted molar refractivity (Wildman–Crippen MR) is 74.7 cm³/mol. The molecule has 0 bridgehead atoms. The molecule has 1 heterocycles. The van der Waals surface area contributed by atoms with E-state index in [0.717, 1.165) is 19.8 Å². The van der Waals surface area contributed by atoms with Gasteiger partial charge in [-0.3, -0.25) is 4.90 Å². The zero-order chi connectivity index (χ0) is 13.1. The van der Waals surface area contributed by atoms with Gasteiger partial charge in [0.25, 0.3) is 0 Å². The highest BCUT2D eigenvalue weighted by Crippen LogP contribution is 2.27. The van der Waals surface area contributed by atoms with Crippen molar-refractivity contribution in [1.82, 2.24) is 4.90 Å². The van der Waals surface area contributed by atoms with Crippen molar-refractivity contribution in [1.29, 1.82) is 0 Å². The molecule has 3 nitrogen and oxygen atoms in total. The quantitative estimate of drug-likeness (QED) is 0.889. The van der Waals surface area contributed by atoms with Gasteiger partial charge in [-0.15, -0.1) is 0 Å². The lowest BCUT2D eigenvalue weighted by atomic mass is 9.95. The highest BCUT2D eigenvalue weighted by Gasteiger charge is 2.27. The Labute approximate surface area is 110 Å². The number of hydrogen-bond acceptors (Lipinski definition) is 3. The molecule has 1 aliphatic rings. The van der Waals surface area contributed by atoms with Gasteiger partial charge in [-0.2, -0.15) is 0 Å². The molecule has 100 valence electrons. The third-order valence-electron chi connectivity index (χ3n) is 4.05. The molecule has 0 spiro atoms. The summed E-state index contributed by atoms with van der Waals surface area (Å²) in [6, 6.07) is 7.25. The number of nitrogens with zero attached hydrogens (tertiary/aromatic N) is 1. The lowest BCUT2D eigenvalue weighted by molar-refractivity contribution is -0.0210. The highest BCUT2D eigenvalue weighted by molar-refractivity contribution is 5.35. The highest BCUT2D eigenvalue weighted by atomic mass is 16.5. The molecule has 18 heavy (non-hydrogen) atoms. The van der Waals surface area contributed by atoms with Crippen LogP contribution in [0.25, 0.3) is 0 Å². The van der Waals surface area contributed by atoms with E-state index in [1.807, 2.05) is 0 Å². The molecule has 1 aliphatic heterocycles. The monoisotopic (exact) mass is 248 g/mol. The van der Waals surface area contributed by atoms with E-state index in [-0.39, 0.29) is 0 Å². The topological polar surface area (TPSA) is 38.5 Å². The van der Waals surface area contributed by atoms with Crippen molar-refractivity contribution in [3.05, 3.63) is 34.9 Å². The van der Waals surface area contributed by atoms with Crippen LogP contribution in [-0.2, 0) is 4.74 Å². The van der Waals surface area contributed by atoms with E-state index in [2.05, 4.69) is 43.9 Å². The molecular formula is C15H24N2O. The summed E-state index contributed by atoms with van der Waals surface area (Å²) in [6.45, 7) is 9.82. The van der Waals surface area contributed by atoms with Gasteiger partial charge in [0.15, 0.2) is 0 Å². The van der Waals surface area contributed by atoms with Crippen LogP contribution >= 0.6 is 0 Å². The largest absolute Gasteiger partial charge is 0.379 e. The number of rotatable bonds is 3. The molecule has 2 unspecified atom stereocenters. The first-order chi connectivity index (χ1) is 8.65. The molecule has 1 aromatic rings. The number of nitrogens with two attached hydrogens (primary N) is 1. The van der Waals surface area contributed by atoms with Crippen molar-refractivity contribution in [3.63, 3.8) is 0 Å². The fraction of sp³-hybridized carbons (Fsp3) is 0.600. The van der Waals surface area contributed by atoms with Gasteiger partial charge in [-0.05, 0) is 37.5 Å². The van der Waals surface area contributed by atoms with Crippen molar-refractivity contribution in [3.8, 4) is 0 Å². The maximum Gasteiger partial charge on any atom is 0.0620 e. The van der Waals surface area contributed by atoms with Crippen LogP contribution in [0.3, 0.4) is 0 Å². The number of hydrogen-bond donors (Lipinski definition) is 1. The smallest absolute Gasteiger partial charge is 0.0620 e. The Balaban J connectivity index is 2.29. The molecule has 0 radical (unpaired) electrons. The molecule has 2 N–H and O–H groups in total. The molecule has 1 saturated heterocycles. The average molecular weight is 248 g/mol. The molecule has 1 aromatic carbocycles. The minimum atomic E-state index is 0.309. The Bertz CT molecular complexity index is 405. The maximum absolute atomic E-state index is 6.03. The third kappa shape index (κ3) is 2.58. The first kappa shape index (κ1) is 13.5. The van der Waals surface area contributed by atoms with Gasteiger partial charge in [0.1, 0.15) is 0 Å². The van der Waals surface area contributed by atoms with E-state index in [1.54, 1.807) is 0 Å². The first-order valence-corrected chi connectivity index (χ1v) is 6.74. The zero-order valence-electron chi connectivity index (χ0n) is 11.6. The van der Waals surface area contributed by atoms with Crippen molar-refractivity contribution in [2.45, 2.75) is 32.9 Å². The van der Waals surface area contributed by atoms with E-state index in [0.29, 0.717) is 18.6 Å². The summed E-state index contributed by atoms with van der Waals surface area (Å²) in [5.41, 5.74) is 10.1. The molecule has 3 heteroatoms. The van der Waals surface area contributed by atoms with Crippen LogP contribution in [0.15, 0.2) is 18.2 Å². The molecule has 0 amide bonds. The maximum atomic E-state index is 6.03. The second-order valence-corrected chi connectivity index (χ2v) is 5.20. The molecule has 0 aliphatic carbocycles. The van der Waals surface area contributed by atoms with Gasteiger partial charge >= 0.3 is 0 Å². The molecule has 0 saturated carbocycles. The van der Waals surface area contributed by atoms with Crippen LogP contribution in [0.2, 0.25) is 0 Å². The van der Waals surface area contributed by atoms with E-state index >= 15 is 0 Å². The summed E-state index contributed by atoms with van der Waals surface area (Å²) in [4.78, 5) is 2.48. The van der Waals surface area contributed by atoms with Crippen molar-refractivity contribution >= 4 is 0 Å². The third-order valence-corrected chi connectivity index (χ3v) is 4.05. The predicted octanol–water partition coefficient (Wildman–Crippen LogP) is 2.02. The summed E-state index contributed by atoms with van der Waals surface area (Å²) < 4.78 is 5.51. The number of morpholine rings is 1. The molecule has 1 fully saturated rings. The Kier molecular flexibility index (Phi) is 4.38. The van der Waals surface area contributed by atoms with Crippen molar-refractivity contribution in [2.24, 2.45) is 5.73 Å². The SMILES string of the molecule is Cc1cccc(C(CN)N2CCOCC2C)c1C. The standard InChI is InChI=1S/C15H24N2O/c1-11-5-4-6-14(13(11)3)15(9-16)17-7-8-18-10-12(17)2/h4-6,12,15H,7-10,16H2,1-3H3. The lowest BCUT2D eigenvalue weighted by Crippen LogP contribution is -2.47. The fourth-order valence-corrected chi connectivity index (χ4v) is 2.78. The number of benzene rings is 1. The van der Waals surface area contributed by atoms with Gasteiger partial charge in [0.05, 0.1) is 13.2 Å². The number of aryl methyl sites for hydroxylation is 1. The van der Waals surface area contributed by atoms with Gasteiger partial charge in [-0.25, -0.2) is 0 Å². The van der Waals surface area contributed by atoms with Crippen LogP contribution in [0.4, 0.5) is 0 Å². The second-order valence-electron chi connectivity index (χ2n) is 5.20. The fourth-order valence-electron chi connectivity index (χ4n) is 2.78. The van der Waals surface area contributed by atoms with Gasteiger partial charge in [0, 0.05) is 25.2 Å². The Morgan fingerprint density at radius 2 is 2.22 bits per heavy atom. The molecule has 2 atom stereocenters. The Morgan fingerprint density at radius 1 is 1.44 bits per heavy atom. The van der Waals surface area contributed by atoms with Gasteiger partial charge < -0.3 is 10.5 Å². The van der Waals surface area contributed by atoms with E-state index in [9.17, 15) is 0 Å². The van der Waals surface area contributed by atoms with Gasteiger partial charge in [0.2, 0.25) is 0 Å². The lowest BCUT2D eigenvalue weighted by Gasteiger charge is -2.39. The van der Waals surface area contributed by atoms with Crippen LogP contribution in [0, 0.1) is 13.8 Å². The van der Waals surface area contributed by atoms with E-state index in [1.165, 1.54) is 16.7 Å². The minimum Gasteiger partial charge on any atom is -0.379 e. The van der Waals surface area contributed by atoms with Crippen molar-refractivity contribution < 1.29 is 4.74 Å². The van der Waals surface area contributed by atoms with Crippen LogP contribution in [0.5, 0.6) is 0 Å². The molecular weight excluding hydrogens is 224 g/mol. The average Bonchev–Trinajstić information content (AvgIpc) is 2.37. The van der Waals surface area contributed by atoms with Crippen molar-refractivity contribution in [2.75, 3.05) is 26.3 Å². The molecule has 0 aromatic heterocycles. The normalized spacial score (nSPS) is 23.0. The first-order valence-electron chi connectivity index (χ1n) is 6.74. The van der Waals surface area contributed by atoms with E-state index in [4.69, 9.17) is 10.5 Å². The zero-order valence-corrected chi connectivity index (χ0v) is 11.6. The Hall–Kier alpha value is -0.900. The van der Waals surface area contributed by atoms with Crippen LogP contribution < -0.4 is 5.73 Å². The summed E-state index contributed by atoms with van der Waals surface area (Å²) in [6.07, 6.45) is 0.